The van der Waals surface area contributed by atoms with Crippen molar-refractivity contribution < 1.29 is 9.26 Å². The topological polar surface area (TPSA) is 38.5 Å². The lowest BCUT2D eigenvalue weighted by atomic mass is 10.1. The van der Waals surface area contributed by atoms with E-state index in [9.17, 15) is 0 Å². The standard InChI is InChI=1S/C19H19ClN2O2/c1-22(12-14-7-3-5-9-17(14)20)13-15-11-18(21-24-15)16-8-4-6-10-19(16)23-2/h3-11H,12-13H2,1-2H3. The molecule has 3 aromatic rings. The van der Waals surface area contributed by atoms with Gasteiger partial charge in [0.1, 0.15) is 11.4 Å². The third kappa shape index (κ3) is 3.78. The van der Waals surface area contributed by atoms with E-state index in [1.165, 1.54) is 0 Å². The summed E-state index contributed by atoms with van der Waals surface area (Å²) in [6, 6.07) is 17.6. The average molecular weight is 343 g/mol. The van der Waals surface area contributed by atoms with Gasteiger partial charge >= 0.3 is 0 Å². The molecule has 0 unspecified atom stereocenters. The third-order valence-corrected chi connectivity index (χ3v) is 4.13. The molecule has 0 N–H and O–H groups in total. The summed E-state index contributed by atoms with van der Waals surface area (Å²) >= 11 is 6.21. The van der Waals surface area contributed by atoms with Crippen molar-refractivity contribution in [3.63, 3.8) is 0 Å². The van der Waals surface area contributed by atoms with Crippen molar-refractivity contribution >= 4 is 11.6 Å². The molecule has 0 amide bonds. The summed E-state index contributed by atoms with van der Waals surface area (Å²) in [5, 5.41) is 4.94. The van der Waals surface area contributed by atoms with Crippen LogP contribution in [0.1, 0.15) is 11.3 Å². The molecule has 0 bridgehead atoms. The van der Waals surface area contributed by atoms with Crippen LogP contribution >= 0.6 is 11.6 Å². The van der Waals surface area contributed by atoms with Gasteiger partial charge in [0, 0.05) is 23.2 Å². The van der Waals surface area contributed by atoms with E-state index in [-0.39, 0.29) is 0 Å². The molecule has 4 nitrogen and oxygen atoms in total. The number of benzene rings is 2. The molecule has 0 saturated heterocycles. The summed E-state index contributed by atoms with van der Waals surface area (Å²) in [6.07, 6.45) is 0. The Labute approximate surface area is 146 Å². The Morgan fingerprint density at radius 2 is 1.83 bits per heavy atom. The van der Waals surface area contributed by atoms with Crippen LogP contribution in [0.4, 0.5) is 0 Å². The minimum absolute atomic E-state index is 0.646. The molecular formula is C19H19ClN2O2. The number of methoxy groups -OCH3 is 1. The van der Waals surface area contributed by atoms with Crippen molar-refractivity contribution in [1.29, 1.82) is 0 Å². The zero-order valence-corrected chi connectivity index (χ0v) is 14.5. The summed E-state index contributed by atoms with van der Waals surface area (Å²) in [5.74, 6) is 1.58. The lowest BCUT2D eigenvalue weighted by Crippen LogP contribution is -2.17. The molecule has 0 saturated carbocycles. The highest BCUT2D eigenvalue weighted by atomic mass is 35.5. The maximum atomic E-state index is 6.21. The van der Waals surface area contributed by atoms with Crippen LogP contribution in [0.2, 0.25) is 5.02 Å². The largest absolute Gasteiger partial charge is 0.496 e. The molecule has 24 heavy (non-hydrogen) atoms. The molecule has 0 fully saturated rings. The van der Waals surface area contributed by atoms with Crippen LogP contribution in [0.15, 0.2) is 59.1 Å². The van der Waals surface area contributed by atoms with Gasteiger partial charge in [-0.05, 0) is 30.8 Å². The Bertz CT molecular complexity index is 816. The van der Waals surface area contributed by atoms with Crippen LogP contribution in [0, 0.1) is 0 Å². The molecule has 1 heterocycles. The summed E-state index contributed by atoms with van der Waals surface area (Å²) in [5.41, 5.74) is 2.78. The second-order valence-corrected chi connectivity index (χ2v) is 6.05. The van der Waals surface area contributed by atoms with Gasteiger partial charge < -0.3 is 9.26 Å². The molecular weight excluding hydrogens is 324 g/mol. The van der Waals surface area contributed by atoms with E-state index in [1.807, 2.05) is 61.6 Å². The van der Waals surface area contributed by atoms with E-state index in [1.54, 1.807) is 7.11 Å². The van der Waals surface area contributed by atoms with Crippen LogP contribution in [0.25, 0.3) is 11.3 Å². The summed E-state index contributed by atoms with van der Waals surface area (Å²) in [4.78, 5) is 2.13. The number of aromatic nitrogens is 1. The van der Waals surface area contributed by atoms with Gasteiger partial charge in [-0.1, -0.05) is 47.1 Å². The van der Waals surface area contributed by atoms with Gasteiger partial charge in [-0.2, -0.15) is 0 Å². The van der Waals surface area contributed by atoms with E-state index in [0.717, 1.165) is 39.9 Å². The van der Waals surface area contributed by atoms with Crippen molar-refractivity contribution in [3.8, 4) is 17.0 Å². The molecule has 0 spiro atoms. The first-order valence-corrected chi connectivity index (χ1v) is 8.06. The Morgan fingerprint density at radius 1 is 1.08 bits per heavy atom. The highest BCUT2D eigenvalue weighted by Gasteiger charge is 2.13. The van der Waals surface area contributed by atoms with E-state index in [0.29, 0.717) is 6.54 Å². The Morgan fingerprint density at radius 3 is 2.62 bits per heavy atom. The number of hydrogen-bond donors (Lipinski definition) is 0. The number of halogens is 1. The van der Waals surface area contributed by atoms with E-state index in [2.05, 4.69) is 10.1 Å². The predicted molar refractivity (Wildman–Crippen MR) is 95.1 cm³/mol. The summed E-state index contributed by atoms with van der Waals surface area (Å²) in [6.45, 7) is 1.39. The number of ether oxygens (including phenoxy) is 1. The highest BCUT2D eigenvalue weighted by molar-refractivity contribution is 6.31. The molecule has 0 aliphatic heterocycles. The lowest BCUT2D eigenvalue weighted by Gasteiger charge is -2.15. The molecule has 0 aliphatic carbocycles. The van der Waals surface area contributed by atoms with E-state index >= 15 is 0 Å². The van der Waals surface area contributed by atoms with Crippen LogP contribution < -0.4 is 4.74 Å². The van der Waals surface area contributed by atoms with Gasteiger partial charge in [0.25, 0.3) is 0 Å². The molecule has 0 radical (unpaired) electrons. The smallest absolute Gasteiger partial charge is 0.151 e. The fraction of sp³-hybridized carbons (Fsp3) is 0.211. The van der Waals surface area contributed by atoms with E-state index in [4.69, 9.17) is 20.9 Å². The number of hydrogen-bond acceptors (Lipinski definition) is 4. The Balaban J connectivity index is 1.71. The predicted octanol–water partition coefficient (Wildman–Crippen LogP) is 4.64. The monoisotopic (exact) mass is 342 g/mol. The second-order valence-electron chi connectivity index (χ2n) is 5.64. The van der Waals surface area contributed by atoms with Gasteiger partial charge in [-0.15, -0.1) is 0 Å². The second kappa shape index (κ2) is 7.51. The molecule has 0 aliphatic rings. The van der Waals surface area contributed by atoms with Crippen molar-refractivity contribution in [2.75, 3.05) is 14.2 Å². The molecule has 1 aromatic heterocycles. The zero-order chi connectivity index (χ0) is 16.9. The van der Waals surface area contributed by atoms with Crippen molar-refractivity contribution in [1.82, 2.24) is 10.1 Å². The molecule has 124 valence electrons. The normalized spacial score (nSPS) is 11.0. The summed E-state index contributed by atoms with van der Waals surface area (Å²) < 4.78 is 10.9. The minimum Gasteiger partial charge on any atom is -0.496 e. The van der Waals surface area contributed by atoms with Crippen molar-refractivity contribution in [3.05, 3.63) is 70.9 Å². The fourth-order valence-electron chi connectivity index (χ4n) is 2.61. The fourth-order valence-corrected chi connectivity index (χ4v) is 2.81. The molecule has 3 rings (SSSR count). The van der Waals surface area contributed by atoms with Crippen molar-refractivity contribution in [2.24, 2.45) is 0 Å². The third-order valence-electron chi connectivity index (χ3n) is 3.77. The summed E-state index contributed by atoms with van der Waals surface area (Å²) in [7, 11) is 3.67. The molecule has 0 atom stereocenters. The zero-order valence-electron chi connectivity index (χ0n) is 13.7. The average Bonchev–Trinajstić information content (AvgIpc) is 3.05. The SMILES string of the molecule is COc1ccccc1-c1cc(CN(C)Cc2ccccc2Cl)on1. The van der Waals surface area contributed by atoms with Gasteiger partial charge in [0.15, 0.2) is 5.76 Å². The van der Waals surface area contributed by atoms with Gasteiger partial charge in [-0.25, -0.2) is 0 Å². The van der Waals surface area contributed by atoms with Crippen LogP contribution in [-0.4, -0.2) is 24.2 Å². The molecule has 5 heteroatoms. The quantitative estimate of drug-likeness (QED) is 0.654. The number of nitrogens with zero attached hydrogens (tertiary/aromatic N) is 2. The van der Waals surface area contributed by atoms with Crippen LogP contribution in [-0.2, 0) is 13.1 Å². The van der Waals surface area contributed by atoms with E-state index < -0.39 is 0 Å². The van der Waals surface area contributed by atoms with Gasteiger partial charge in [0.05, 0.1) is 13.7 Å². The Kier molecular flexibility index (Phi) is 5.18. The first kappa shape index (κ1) is 16.6. The first-order valence-electron chi connectivity index (χ1n) is 7.68. The lowest BCUT2D eigenvalue weighted by molar-refractivity contribution is 0.267. The van der Waals surface area contributed by atoms with Crippen LogP contribution in [0.3, 0.4) is 0 Å². The maximum Gasteiger partial charge on any atom is 0.151 e. The maximum absolute atomic E-state index is 6.21. The van der Waals surface area contributed by atoms with Crippen molar-refractivity contribution in [2.45, 2.75) is 13.1 Å². The van der Waals surface area contributed by atoms with Gasteiger partial charge in [-0.3, -0.25) is 4.90 Å². The minimum atomic E-state index is 0.646. The highest BCUT2D eigenvalue weighted by Crippen LogP contribution is 2.29. The number of para-hydroxylation sites is 1. The molecule has 2 aromatic carbocycles. The Hall–Kier alpha value is -2.30. The van der Waals surface area contributed by atoms with Gasteiger partial charge in [0.2, 0.25) is 0 Å². The number of rotatable bonds is 6. The van der Waals surface area contributed by atoms with Crippen LogP contribution in [0.5, 0.6) is 5.75 Å². The first-order chi connectivity index (χ1) is 11.7.